The molecular weight excluding hydrogens is 386 g/mol. The molecule has 0 fully saturated rings. The number of amides is 1. The highest BCUT2D eigenvalue weighted by atomic mass is 32.2. The second kappa shape index (κ2) is 7.62. The number of hydrazine groups is 1. The van der Waals surface area contributed by atoms with Crippen molar-refractivity contribution in [2.45, 2.75) is 11.8 Å². The van der Waals surface area contributed by atoms with Gasteiger partial charge >= 0.3 is 5.91 Å². The van der Waals surface area contributed by atoms with E-state index in [0.29, 0.717) is 5.56 Å². The molecule has 0 bridgehead atoms. The minimum absolute atomic E-state index is 0.00451. The molecule has 1 amide bonds. The summed E-state index contributed by atoms with van der Waals surface area (Å²) in [6.07, 6.45) is 0. The number of nitro benzene ring substituents is 1. The Hall–Kier alpha value is -3.50. The zero-order valence-corrected chi connectivity index (χ0v) is 15.4. The Morgan fingerprint density at radius 1 is 1.07 bits per heavy atom. The maximum absolute atomic E-state index is 12.2. The van der Waals surface area contributed by atoms with Crippen LogP contribution in [0.25, 0.3) is 11.3 Å². The predicted octanol–water partition coefficient (Wildman–Crippen LogP) is 2.79. The first-order valence-electron chi connectivity index (χ1n) is 8.00. The Bertz CT molecular complexity index is 1140. The van der Waals surface area contributed by atoms with Gasteiger partial charge in [0.1, 0.15) is 5.76 Å². The van der Waals surface area contributed by atoms with Crippen LogP contribution in [0.5, 0.6) is 0 Å². The molecular formula is C18H15N3O6S. The molecule has 0 aliphatic heterocycles. The van der Waals surface area contributed by atoms with Crippen molar-refractivity contribution in [2.75, 3.05) is 0 Å². The number of benzene rings is 2. The maximum Gasteiger partial charge on any atom is 0.301 e. The molecule has 3 aromatic rings. The van der Waals surface area contributed by atoms with Crippen molar-refractivity contribution in [1.82, 2.24) is 10.3 Å². The van der Waals surface area contributed by atoms with Crippen molar-refractivity contribution >= 4 is 21.6 Å². The number of nitrogens with one attached hydrogen (secondary N) is 2. The van der Waals surface area contributed by atoms with E-state index in [9.17, 15) is 23.3 Å². The molecule has 0 atom stereocenters. The number of hydrogen-bond acceptors (Lipinski definition) is 6. The van der Waals surface area contributed by atoms with Crippen LogP contribution in [-0.4, -0.2) is 19.2 Å². The van der Waals surface area contributed by atoms with E-state index in [2.05, 4.69) is 5.43 Å². The average Bonchev–Trinajstić information content (AvgIpc) is 3.17. The normalized spacial score (nSPS) is 11.2. The Balaban J connectivity index is 1.71. The summed E-state index contributed by atoms with van der Waals surface area (Å²) >= 11 is 0. The molecule has 0 spiro atoms. The van der Waals surface area contributed by atoms with E-state index >= 15 is 0 Å². The van der Waals surface area contributed by atoms with Crippen molar-refractivity contribution < 1.29 is 22.6 Å². The summed E-state index contributed by atoms with van der Waals surface area (Å²) in [4.78, 5) is 24.5. The summed E-state index contributed by atoms with van der Waals surface area (Å²) in [7, 11) is -3.94. The molecule has 10 heteroatoms. The number of furan rings is 1. The van der Waals surface area contributed by atoms with E-state index in [-0.39, 0.29) is 22.1 Å². The number of carbonyl (C=O) groups is 1. The van der Waals surface area contributed by atoms with Crippen molar-refractivity contribution in [2.24, 2.45) is 0 Å². The molecule has 0 saturated carbocycles. The molecule has 9 nitrogen and oxygen atoms in total. The first kappa shape index (κ1) is 19.3. The van der Waals surface area contributed by atoms with Crippen molar-refractivity contribution in [1.29, 1.82) is 0 Å². The number of aryl methyl sites for hydroxylation is 1. The molecule has 2 aromatic carbocycles. The highest BCUT2D eigenvalue weighted by Gasteiger charge is 2.18. The topological polar surface area (TPSA) is 132 Å². The summed E-state index contributed by atoms with van der Waals surface area (Å²) in [6, 6.07) is 14.6. The van der Waals surface area contributed by atoms with Crippen LogP contribution in [0.2, 0.25) is 0 Å². The zero-order valence-electron chi connectivity index (χ0n) is 14.6. The molecule has 1 aromatic heterocycles. The van der Waals surface area contributed by atoms with Crippen LogP contribution >= 0.6 is 0 Å². The van der Waals surface area contributed by atoms with Gasteiger partial charge in [-0.2, -0.15) is 0 Å². The third-order valence-electron chi connectivity index (χ3n) is 3.80. The lowest BCUT2D eigenvalue weighted by atomic mass is 10.1. The van der Waals surface area contributed by atoms with E-state index in [1.165, 1.54) is 42.5 Å². The molecule has 3 rings (SSSR count). The van der Waals surface area contributed by atoms with Crippen molar-refractivity contribution in [3.63, 3.8) is 0 Å². The molecule has 0 saturated heterocycles. The SMILES string of the molecule is Cc1ccc(S(=O)(=O)NNC(=O)c2ccc(-c3cccc([N+](=O)[O-])c3)o2)cc1. The molecule has 0 aliphatic carbocycles. The minimum atomic E-state index is -3.94. The largest absolute Gasteiger partial charge is 0.451 e. The number of rotatable bonds is 6. The van der Waals surface area contributed by atoms with Crippen molar-refractivity contribution in [3.8, 4) is 11.3 Å². The standard InChI is InChI=1S/C18H15N3O6S/c1-12-5-7-15(8-6-12)28(25,26)20-19-18(22)17-10-9-16(27-17)13-3-2-4-14(11-13)21(23)24/h2-11,20H,1H3,(H,19,22). The average molecular weight is 401 g/mol. The number of nitro groups is 1. The first-order chi connectivity index (χ1) is 13.3. The van der Waals surface area contributed by atoms with Crippen LogP contribution in [0.1, 0.15) is 16.1 Å². The third-order valence-corrected chi connectivity index (χ3v) is 5.07. The Labute approximate surface area is 160 Å². The highest BCUT2D eigenvalue weighted by Crippen LogP contribution is 2.25. The highest BCUT2D eigenvalue weighted by molar-refractivity contribution is 7.89. The third kappa shape index (κ3) is 4.24. The Morgan fingerprint density at radius 2 is 1.79 bits per heavy atom. The molecule has 0 unspecified atom stereocenters. The fourth-order valence-corrected chi connectivity index (χ4v) is 3.18. The zero-order chi connectivity index (χ0) is 20.3. The molecule has 2 N–H and O–H groups in total. The van der Waals surface area contributed by atoms with Crippen molar-refractivity contribution in [3.05, 3.63) is 82.1 Å². The quantitative estimate of drug-likeness (QED) is 0.482. The summed E-state index contributed by atoms with van der Waals surface area (Å²) in [5.74, 6) is -0.740. The van der Waals surface area contributed by atoms with Gasteiger partial charge in [0.25, 0.3) is 15.7 Å². The van der Waals surface area contributed by atoms with Gasteiger partial charge in [-0.05, 0) is 31.2 Å². The number of nitrogens with zero attached hydrogens (tertiary/aromatic N) is 1. The summed E-state index contributed by atoms with van der Waals surface area (Å²) in [5, 5.41) is 10.9. The van der Waals surface area contributed by atoms with Gasteiger partial charge in [0.2, 0.25) is 0 Å². The summed E-state index contributed by atoms with van der Waals surface area (Å²) in [6.45, 7) is 1.82. The van der Waals surface area contributed by atoms with Crippen LogP contribution in [0, 0.1) is 17.0 Å². The molecule has 144 valence electrons. The van der Waals surface area contributed by atoms with Gasteiger partial charge in [-0.25, -0.2) is 8.42 Å². The first-order valence-corrected chi connectivity index (χ1v) is 9.48. The van der Waals surface area contributed by atoms with E-state index in [1.807, 2.05) is 11.8 Å². The van der Waals surface area contributed by atoms with Gasteiger partial charge in [0.15, 0.2) is 5.76 Å². The maximum atomic E-state index is 12.2. The lowest BCUT2D eigenvalue weighted by molar-refractivity contribution is -0.384. The smallest absolute Gasteiger partial charge is 0.301 e. The molecule has 0 aliphatic rings. The monoisotopic (exact) mass is 401 g/mol. The van der Waals surface area contributed by atoms with Gasteiger partial charge in [-0.1, -0.05) is 29.8 Å². The summed E-state index contributed by atoms with van der Waals surface area (Å²) < 4.78 is 29.8. The lowest BCUT2D eigenvalue weighted by Crippen LogP contribution is -2.41. The number of hydrogen-bond donors (Lipinski definition) is 2. The van der Waals surface area contributed by atoms with Crippen LogP contribution in [-0.2, 0) is 10.0 Å². The minimum Gasteiger partial charge on any atom is -0.451 e. The van der Waals surface area contributed by atoms with Crippen LogP contribution in [0.4, 0.5) is 5.69 Å². The van der Waals surface area contributed by atoms with E-state index in [1.54, 1.807) is 18.2 Å². The second-order valence-corrected chi connectivity index (χ2v) is 7.53. The van der Waals surface area contributed by atoms with Crippen LogP contribution < -0.4 is 10.3 Å². The predicted molar refractivity (Wildman–Crippen MR) is 99.8 cm³/mol. The lowest BCUT2D eigenvalue weighted by Gasteiger charge is -2.07. The van der Waals surface area contributed by atoms with Gasteiger partial charge < -0.3 is 4.42 Å². The second-order valence-electron chi connectivity index (χ2n) is 5.84. The number of carbonyl (C=O) groups excluding carboxylic acids is 1. The van der Waals surface area contributed by atoms with Gasteiger partial charge in [0, 0.05) is 17.7 Å². The fourth-order valence-electron chi connectivity index (χ4n) is 2.34. The van der Waals surface area contributed by atoms with E-state index in [4.69, 9.17) is 4.42 Å². The van der Waals surface area contributed by atoms with Crippen LogP contribution in [0.3, 0.4) is 0 Å². The summed E-state index contributed by atoms with van der Waals surface area (Å²) in [5.41, 5.74) is 3.25. The van der Waals surface area contributed by atoms with Gasteiger partial charge in [-0.3, -0.25) is 20.3 Å². The Morgan fingerprint density at radius 3 is 2.46 bits per heavy atom. The molecule has 1 heterocycles. The number of sulfonamides is 1. The fraction of sp³-hybridized carbons (Fsp3) is 0.0556. The van der Waals surface area contributed by atoms with Crippen LogP contribution in [0.15, 0.2) is 70.0 Å². The van der Waals surface area contributed by atoms with Gasteiger partial charge in [0.05, 0.1) is 9.82 Å². The van der Waals surface area contributed by atoms with Gasteiger partial charge in [-0.15, -0.1) is 4.83 Å². The Kier molecular flexibility index (Phi) is 5.25. The molecule has 0 radical (unpaired) electrons. The molecule has 28 heavy (non-hydrogen) atoms. The van der Waals surface area contributed by atoms with E-state index < -0.39 is 20.9 Å². The number of non-ortho nitro benzene ring substituents is 1. The van der Waals surface area contributed by atoms with E-state index in [0.717, 1.165) is 5.56 Å².